The average molecular weight is 373 g/mol. The van der Waals surface area contributed by atoms with E-state index in [1.165, 1.54) is 24.0 Å². The van der Waals surface area contributed by atoms with E-state index in [1.54, 1.807) is 7.11 Å². The number of methoxy groups -OCH3 is 1. The van der Waals surface area contributed by atoms with Crippen LogP contribution < -0.4 is 10.6 Å². The highest BCUT2D eigenvalue weighted by Gasteiger charge is 2.32. The molecule has 0 aromatic heterocycles. The lowest BCUT2D eigenvalue weighted by atomic mass is 9.79. The van der Waals surface area contributed by atoms with Gasteiger partial charge in [0, 0.05) is 37.5 Å². The highest BCUT2D eigenvalue weighted by Crippen LogP contribution is 2.28. The largest absolute Gasteiger partial charge is 0.384 e. The van der Waals surface area contributed by atoms with E-state index < -0.39 is 0 Å². The number of nitrogens with one attached hydrogen (secondary N) is 2. The zero-order chi connectivity index (χ0) is 19.1. The summed E-state index contributed by atoms with van der Waals surface area (Å²) in [7, 11) is 1.71. The quantitative estimate of drug-likeness (QED) is 0.689. The monoisotopic (exact) mass is 372 g/mol. The summed E-state index contributed by atoms with van der Waals surface area (Å²) in [5, 5.41) is 6.39. The van der Waals surface area contributed by atoms with Crippen molar-refractivity contribution in [3.05, 3.63) is 34.9 Å². The lowest BCUT2D eigenvalue weighted by Gasteiger charge is -2.37. The first-order valence-electron chi connectivity index (χ1n) is 10.2. The van der Waals surface area contributed by atoms with Crippen LogP contribution in [0.5, 0.6) is 0 Å². The molecule has 0 atom stereocenters. The summed E-state index contributed by atoms with van der Waals surface area (Å²) in [6, 6.07) is 6.05. The number of hydrogen-bond donors (Lipinski definition) is 2. The Morgan fingerprint density at radius 1 is 1.11 bits per heavy atom. The average Bonchev–Trinajstić information content (AvgIpc) is 2.71. The second-order valence-corrected chi connectivity index (χ2v) is 8.07. The van der Waals surface area contributed by atoms with Crippen LogP contribution in [0.15, 0.2) is 18.2 Å². The standard InChI is InChI=1S/C22H32N2O3/c1-27-16-22(10-12-23-13-11-22)15-24-21(26)9-8-20(25)19-7-6-17-4-2-3-5-18(17)14-19/h6-7,14,23H,2-5,8-13,15-16H2,1H3,(H,24,26). The molecular weight excluding hydrogens is 340 g/mol. The van der Waals surface area contributed by atoms with Gasteiger partial charge in [0.25, 0.3) is 0 Å². The maximum atomic E-state index is 12.5. The molecule has 1 aromatic rings. The summed E-state index contributed by atoms with van der Waals surface area (Å²) in [5.74, 6) is 0.0160. The van der Waals surface area contributed by atoms with Crippen molar-refractivity contribution in [3.63, 3.8) is 0 Å². The molecule has 1 aromatic carbocycles. The zero-order valence-electron chi connectivity index (χ0n) is 16.4. The van der Waals surface area contributed by atoms with Gasteiger partial charge in [-0.2, -0.15) is 0 Å². The van der Waals surface area contributed by atoms with Crippen molar-refractivity contribution in [2.45, 2.75) is 51.4 Å². The maximum Gasteiger partial charge on any atom is 0.220 e. The lowest BCUT2D eigenvalue weighted by Crippen LogP contribution is -2.47. The van der Waals surface area contributed by atoms with Crippen LogP contribution in [0, 0.1) is 5.41 Å². The summed E-state index contributed by atoms with van der Waals surface area (Å²) < 4.78 is 5.39. The molecule has 5 nitrogen and oxygen atoms in total. The van der Waals surface area contributed by atoms with Crippen molar-refractivity contribution in [2.24, 2.45) is 5.41 Å². The van der Waals surface area contributed by atoms with E-state index in [1.807, 2.05) is 12.1 Å². The number of piperidine rings is 1. The number of ketones is 1. The summed E-state index contributed by atoms with van der Waals surface area (Å²) in [4.78, 5) is 24.8. The van der Waals surface area contributed by atoms with Gasteiger partial charge in [0.15, 0.2) is 5.78 Å². The van der Waals surface area contributed by atoms with E-state index in [2.05, 4.69) is 16.7 Å². The molecule has 1 fully saturated rings. The molecule has 1 heterocycles. The minimum absolute atomic E-state index is 0.0121. The first kappa shape index (κ1) is 20.0. The van der Waals surface area contributed by atoms with Gasteiger partial charge in [0.05, 0.1) is 6.61 Å². The molecule has 0 radical (unpaired) electrons. The highest BCUT2D eigenvalue weighted by atomic mass is 16.5. The molecule has 0 bridgehead atoms. The predicted octanol–water partition coefficient (Wildman–Crippen LogP) is 2.66. The van der Waals surface area contributed by atoms with E-state index in [0.29, 0.717) is 13.2 Å². The molecule has 27 heavy (non-hydrogen) atoms. The third-order valence-electron chi connectivity index (χ3n) is 6.02. The molecule has 5 heteroatoms. The second-order valence-electron chi connectivity index (χ2n) is 8.07. The van der Waals surface area contributed by atoms with Gasteiger partial charge >= 0.3 is 0 Å². The van der Waals surface area contributed by atoms with Gasteiger partial charge in [-0.05, 0) is 68.8 Å². The van der Waals surface area contributed by atoms with Crippen LogP contribution in [0.25, 0.3) is 0 Å². The van der Waals surface area contributed by atoms with Gasteiger partial charge in [-0.3, -0.25) is 9.59 Å². The highest BCUT2D eigenvalue weighted by molar-refractivity contribution is 5.98. The van der Waals surface area contributed by atoms with Crippen LogP contribution in [-0.4, -0.2) is 45.0 Å². The maximum absolute atomic E-state index is 12.5. The predicted molar refractivity (Wildman–Crippen MR) is 106 cm³/mol. The molecule has 0 spiro atoms. The summed E-state index contributed by atoms with van der Waals surface area (Å²) >= 11 is 0. The topological polar surface area (TPSA) is 67.4 Å². The fraction of sp³-hybridized carbons (Fsp3) is 0.636. The molecule has 3 rings (SSSR count). The van der Waals surface area contributed by atoms with Gasteiger partial charge < -0.3 is 15.4 Å². The second kappa shape index (κ2) is 9.47. The number of amides is 1. The number of aryl methyl sites for hydroxylation is 2. The summed E-state index contributed by atoms with van der Waals surface area (Å²) in [6.07, 6.45) is 7.12. The van der Waals surface area contributed by atoms with E-state index in [9.17, 15) is 9.59 Å². The normalized spacial score (nSPS) is 18.6. The van der Waals surface area contributed by atoms with Crippen molar-refractivity contribution in [1.82, 2.24) is 10.6 Å². The third-order valence-corrected chi connectivity index (χ3v) is 6.02. The van der Waals surface area contributed by atoms with E-state index in [-0.39, 0.29) is 29.9 Å². The van der Waals surface area contributed by atoms with Crippen LogP contribution in [0.3, 0.4) is 0 Å². The number of Topliss-reactive ketones (excluding diaryl/α,β-unsaturated/α-hetero) is 1. The molecule has 1 aliphatic heterocycles. The molecule has 148 valence electrons. The van der Waals surface area contributed by atoms with Crippen LogP contribution >= 0.6 is 0 Å². The Morgan fingerprint density at radius 3 is 2.59 bits per heavy atom. The third kappa shape index (κ3) is 5.39. The van der Waals surface area contributed by atoms with Gasteiger partial charge in [-0.25, -0.2) is 0 Å². The molecule has 0 unspecified atom stereocenters. The first-order chi connectivity index (χ1) is 13.1. The molecule has 2 N–H and O–H groups in total. The Balaban J connectivity index is 1.47. The molecular formula is C22H32N2O3. The van der Waals surface area contributed by atoms with E-state index in [4.69, 9.17) is 4.74 Å². The van der Waals surface area contributed by atoms with Crippen molar-refractivity contribution >= 4 is 11.7 Å². The SMILES string of the molecule is COCC1(CNC(=O)CCC(=O)c2ccc3c(c2)CCCC3)CCNCC1. The van der Waals surface area contributed by atoms with Gasteiger partial charge in [-0.1, -0.05) is 12.1 Å². The minimum atomic E-state index is -0.0460. The number of ether oxygens (including phenoxy) is 1. The van der Waals surface area contributed by atoms with Crippen molar-refractivity contribution in [3.8, 4) is 0 Å². The molecule has 1 saturated heterocycles. The van der Waals surface area contributed by atoms with Crippen LogP contribution in [0.2, 0.25) is 0 Å². The number of fused-ring (bicyclic) bond motifs is 1. The fourth-order valence-electron chi connectivity index (χ4n) is 4.29. The number of carbonyl (C=O) groups is 2. The van der Waals surface area contributed by atoms with Crippen LogP contribution in [0.1, 0.15) is 60.0 Å². The summed E-state index contributed by atoms with van der Waals surface area (Å²) in [6.45, 7) is 3.18. The van der Waals surface area contributed by atoms with Crippen LogP contribution in [-0.2, 0) is 22.4 Å². The van der Waals surface area contributed by atoms with Gasteiger partial charge in [0.2, 0.25) is 5.91 Å². The van der Waals surface area contributed by atoms with Gasteiger partial charge in [0.1, 0.15) is 0 Å². The number of benzene rings is 1. The van der Waals surface area contributed by atoms with E-state index in [0.717, 1.165) is 44.3 Å². The first-order valence-corrected chi connectivity index (χ1v) is 10.2. The Hall–Kier alpha value is -1.72. The number of rotatable bonds is 8. The number of carbonyl (C=O) groups excluding carboxylic acids is 2. The van der Waals surface area contributed by atoms with Gasteiger partial charge in [-0.15, -0.1) is 0 Å². The number of hydrogen-bond acceptors (Lipinski definition) is 4. The Bertz CT molecular complexity index is 660. The molecule has 2 aliphatic rings. The fourth-order valence-corrected chi connectivity index (χ4v) is 4.29. The van der Waals surface area contributed by atoms with E-state index >= 15 is 0 Å². The smallest absolute Gasteiger partial charge is 0.220 e. The zero-order valence-corrected chi connectivity index (χ0v) is 16.4. The molecule has 1 amide bonds. The van der Waals surface area contributed by atoms with Crippen molar-refractivity contribution in [1.29, 1.82) is 0 Å². The van der Waals surface area contributed by atoms with Crippen molar-refractivity contribution < 1.29 is 14.3 Å². The summed E-state index contributed by atoms with van der Waals surface area (Å²) in [5.41, 5.74) is 3.45. The molecule has 0 saturated carbocycles. The Morgan fingerprint density at radius 2 is 1.85 bits per heavy atom. The van der Waals surface area contributed by atoms with Crippen molar-refractivity contribution in [2.75, 3.05) is 33.4 Å². The molecule has 1 aliphatic carbocycles. The minimum Gasteiger partial charge on any atom is -0.384 e. The Kier molecular flexibility index (Phi) is 7.02. The lowest BCUT2D eigenvalue weighted by molar-refractivity contribution is -0.122. The Labute approximate surface area is 162 Å². The van der Waals surface area contributed by atoms with Crippen LogP contribution in [0.4, 0.5) is 0 Å².